The summed E-state index contributed by atoms with van der Waals surface area (Å²) in [4.78, 5) is 45.3. The summed E-state index contributed by atoms with van der Waals surface area (Å²) in [7, 11) is 3.39. The van der Waals surface area contributed by atoms with Crippen LogP contribution in [0, 0.1) is 5.92 Å². The second-order valence-corrected chi connectivity index (χ2v) is 11.8. The molecule has 1 aromatic carbocycles. The third-order valence-corrected chi connectivity index (χ3v) is 8.44. The van der Waals surface area contributed by atoms with Crippen LogP contribution in [0.1, 0.15) is 63.5 Å². The molecule has 3 aliphatic rings. The van der Waals surface area contributed by atoms with E-state index in [-0.39, 0.29) is 43.0 Å². The molecule has 2 N–H and O–H groups in total. The SMILES string of the molecule is CN(C)C(=O)c1ccc(CN2CCn3c(C(=O)NCc4ccc(NC(=O)C5CC5)cn4)ccc3C23CC(F)(F)C3)cc1. The summed E-state index contributed by atoms with van der Waals surface area (Å²) in [6.45, 7) is 1.65. The van der Waals surface area contributed by atoms with E-state index in [1.54, 1.807) is 56.7 Å². The van der Waals surface area contributed by atoms with Gasteiger partial charge in [0.15, 0.2) is 0 Å². The smallest absolute Gasteiger partial charge is 0.268 e. The molecule has 0 unspecified atom stereocenters. The average molecular weight is 577 g/mol. The number of amides is 3. The van der Waals surface area contributed by atoms with Crippen LogP contribution < -0.4 is 10.6 Å². The molecule has 0 atom stereocenters. The summed E-state index contributed by atoms with van der Waals surface area (Å²) in [5.41, 5.74) is 3.04. The van der Waals surface area contributed by atoms with E-state index < -0.39 is 11.5 Å². The Labute approximate surface area is 242 Å². The molecule has 1 spiro atoms. The Balaban J connectivity index is 1.14. The topological polar surface area (TPSA) is 99.6 Å². The first-order chi connectivity index (χ1) is 20.0. The van der Waals surface area contributed by atoms with Crippen LogP contribution >= 0.6 is 0 Å². The number of pyridine rings is 1. The number of alkyl halides is 2. The van der Waals surface area contributed by atoms with Gasteiger partial charge in [0.05, 0.1) is 29.7 Å². The van der Waals surface area contributed by atoms with E-state index in [0.29, 0.717) is 42.3 Å². The number of nitrogens with one attached hydrogen (secondary N) is 2. The van der Waals surface area contributed by atoms with Gasteiger partial charge in [0.2, 0.25) is 5.91 Å². The number of hydrogen-bond donors (Lipinski definition) is 2. The molecule has 0 radical (unpaired) electrons. The molecule has 6 rings (SSSR count). The minimum Gasteiger partial charge on any atom is -0.345 e. The highest BCUT2D eigenvalue weighted by Gasteiger charge is 2.62. The molecule has 3 heterocycles. The average Bonchev–Trinajstić information content (AvgIpc) is 3.72. The maximum atomic E-state index is 14.4. The molecule has 2 aliphatic carbocycles. The predicted molar refractivity (Wildman–Crippen MR) is 152 cm³/mol. The van der Waals surface area contributed by atoms with E-state index in [2.05, 4.69) is 20.5 Å². The fourth-order valence-electron chi connectivity index (χ4n) is 6.03. The number of benzene rings is 1. The van der Waals surface area contributed by atoms with Crippen molar-refractivity contribution in [2.75, 3.05) is 26.0 Å². The lowest BCUT2D eigenvalue weighted by molar-refractivity contribution is -0.192. The fraction of sp³-hybridized carbons (Fsp3) is 0.419. The molecule has 3 amide bonds. The molecule has 220 valence electrons. The molecule has 0 bridgehead atoms. The normalized spacial score (nSPS) is 18.6. The van der Waals surface area contributed by atoms with E-state index in [0.717, 1.165) is 24.1 Å². The van der Waals surface area contributed by atoms with Crippen molar-refractivity contribution in [2.24, 2.45) is 5.92 Å². The first kappa shape index (κ1) is 28.0. The number of carbonyl (C=O) groups is 3. The summed E-state index contributed by atoms with van der Waals surface area (Å²) in [6, 6.07) is 14.3. The summed E-state index contributed by atoms with van der Waals surface area (Å²) in [5, 5.41) is 5.73. The lowest BCUT2D eigenvalue weighted by Gasteiger charge is -2.56. The van der Waals surface area contributed by atoms with E-state index >= 15 is 0 Å². The Kier molecular flexibility index (Phi) is 7.08. The number of halogens is 2. The first-order valence-electron chi connectivity index (χ1n) is 14.2. The van der Waals surface area contributed by atoms with Crippen LogP contribution in [0.4, 0.5) is 14.5 Å². The van der Waals surface area contributed by atoms with Crippen LogP contribution in [-0.2, 0) is 30.0 Å². The molecule has 42 heavy (non-hydrogen) atoms. The van der Waals surface area contributed by atoms with E-state index in [4.69, 9.17) is 0 Å². The summed E-state index contributed by atoms with van der Waals surface area (Å²) in [6.07, 6.45) is 2.79. The van der Waals surface area contributed by atoms with Gasteiger partial charge in [-0.3, -0.25) is 24.3 Å². The Morgan fingerprint density at radius 3 is 2.36 bits per heavy atom. The molecule has 9 nitrogen and oxygen atoms in total. The molecular weight excluding hydrogens is 542 g/mol. The highest BCUT2D eigenvalue weighted by molar-refractivity contribution is 5.94. The highest BCUT2D eigenvalue weighted by atomic mass is 19.3. The predicted octanol–water partition coefficient (Wildman–Crippen LogP) is 4.00. The van der Waals surface area contributed by atoms with Crippen LogP contribution in [0.5, 0.6) is 0 Å². The number of fused-ring (bicyclic) bond motifs is 2. The van der Waals surface area contributed by atoms with Crippen LogP contribution in [0.15, 0.2) is 54.7 Å². The van der Waals surface area contributed by atoms with E-state index in [9.17, 15) is 23.2 Å². The van der Waals surface area contributed by atoms with Crippen molar-refractivity contribution in [1.29, 1.82) is 0 Å². The molecule has 3 aromatic rings. The molecule has 2 aromatic heterocycles. The second kappa shape index (κ2) is 10.6. The van der Waals surface area contributed by atoms with Crippen LogP contribution in [0.25, 0.3) is 0 Å². The van der Waals surface area contributed by atoms with Crippen LogP contribution in [-0.4, -0.2) is 63.6 Å². The van der Waals surface area contributed by atoms with Gasteiger partial charge < -0.3 is 20.1 Å². The molecule has 11 heteroatoms. The van der Waals surface area contributed by atoms with Gasteiger partial charge in [0.1, 0.15) is 5.69 Å². The van der Waals surface area contributed by atoms with Gasteiger partial charge in [-0.2, -0.15) is 0 Å². The van der Waals surface area contributed by atoms with Crippen LogP contribution in [0.2, 0.25) is 0 Å². The molecule has 2 saturated carbocycles. The number of rotatable bonds is 8. The monoisotopic (exact) mass is 576 g/mol. The van der Waals surface area contributed by atoms with E-state index in [1.807, 2.05) is 16.7 Å². The largest absolute Gasteiger partial charge is 0.345 e. The number of anilines is 1. The molecule has 0 saturated heterocycles. The van der Waals surface area contributed by atoms with Gasteiger partial charge in [-0.1, -0.05) is 12.1 Å². The summed E-state index contributed by atoms with van der Waals surface area (Å²) >= 11 is 0. The maximum Gasteiger partial charge on any atom is 0.268 e. The third kappa shape index (κ3) is 5.40. The number of aromatic nitrogens is 2. The standard InChI is InChI=1S/C31H34F2N6O3/c1-37(2)29(42)22-5-3-20(4-6-22)17-38-13-14-39-25(11-12-26(39)30(38)18-31(32,33)19-30)28(41)35-15-23-9-10-24(16-34-23)36-27(40)21-7-8-21/h3-6,9-12,16,21H,7-8,13-15,17-19H2,1-2H3,(H,35,41)(H,36,40). The van der Waals surface area contributed by atoms with Gasteiger partial charge in [0, 0.05) is 63.7 Å². The van der Waals surface area contributed by atoms with Crippen molar-refractivity contribution < 1.29 is 23.2 Å². The van der Waals surface area contributed by atoms with Gasteiger partial charge in [-0.25, -0.2) is 8.78 Å². The van der Waals surface area contributed by atoms with Crippen molar-refractivity contribution >= 4 is 23.4 Å². The first-order valence-corrected chi connectivity index (χ1v) is 14.2. The Bertz CT molecular complexity index is 1500. The number of nitrogens with zero attached hydrogens (tertiary/aromatic N) is 4. The van der Waals surface area contributed by atoms with Crippen molar-refractivity contribution in [2.45, 2.75) is 56.8 Å². The lowest BCUT2D eigenvalue weighted by atomic mass is 9.68. The van der Waals surface area contributed by atoms with Crippen molar-refractivity contribution in [3.05, 3.63) is 82.9 Å². The van der Waals surface area contributed by atoms with Crippen molar-refractivity contribution in [3.63, 3.8) is 0 Å². The Hall–Kier alpha value is -4.12. The zero-order valence-electron chi connectivity index (χ0n) is 23.7. The minimum atomic E-state index is -2.77. The zero-order valence-corrected chi connectivity index (χ0v) is 23.7. The van der Waals surface area contributed by atoms with Crippen molar-refractivity contribution in [1.82, 2.24) is 24.7 Å². The van der Waals surface area contributed by atoms with E-state index in [1.165, 1.54) is 4.90 Å². The molecule has 2 fully saturated rings. The quantitative estimate of drug-likeness (QED) is 0.423. The minimum absolute atomic E-state index is 0.00539. The van der Waals surface area contributed by atoms with Gasteiger partial charge in [-0.15, -0.1) is 0 Å². The summed E-state index contributed by atoms with van der Waals surface area (Å²) < 4.78 is 30.7. The molecule has 1 aliphatic heterocycles. The lowest BCUT2D eigenvalue weighted by Crippen LogP contribution is -2.63. The zero-order chi connectivity index (χ0) is 29.6. The number of hydrogen-bond acceptors (Lipinski definition) is 5. The fourth-order valence-corrected chi connectivity index (χ4v) is 6.03. The third-order valence-electron chi connectivity index (χ3n) is 8.44. The maximum absolute atomic E-state index is 14.4. The second-order valence-electron chi connectivity index (χ2n) is 11.8. The van der Waals surface area contributed by atoms with Gasteiger partial charge in [0.25, 0.3) is 17.7 Å². The Morgan fingerprint density at radius 1 is 1.00 bits per heavy atom. The molecular formula is C31H34F2N6O3. The van der Waals surface area contributed by atoms with Crippen molar-refractivity contribution in [3.8, 4) is 0 Å². The summed E-state index contributed by atoms with van der Waals surface area (Å²) in [5.74, 6) is -3.06. The van der Waals surface area contributed by atoms with Gasteiger partial charge >= 0.3 is 0 Å². The highest BCUT2D eigenvalue weighted by Crippen LogP contribution is 2.57. The Morgan fingerprint density at radius 2 is 1.74 bits per heavy atom. The van der Waals surface area contributed by atoms with Crippen LogP contribution in [0.3, 0.4) is 0 Å². The van der Waals surface area contributed by atoms with Gasteiger partial charge in [-0.05, 0) is 54.8 Å². The number of carbonyl (C=O) groups excluding carboxylic acids is 3.